The Morgan fingerprint density at radius 3 is 2.50 bits per heavy atom. The van der Waals surface area contributed by atoms with Crippen LogP contribution in [0.1, 0.15) is 28.8 Å². The molecule has 0 bridgehead atoms. The highest BCUT2D eigenvalue weighted by molar-refractivity contribution is 9.10. The summed E-state index contributed by atoms with van der Waals surface area (Å²) in [6.07, 6.45) is 2.49. The van der Waals surface area contributed by atoms with Crippen molar-refractivity contribution in [3.8, 4) is 5.75 Å². The highest BCUT2D eigenvalue weighted by Crippen LogP contribution is 2.27. The first-order chi connectivity index (χ1) is 9.65. The van der Waals surface area contributed by atoms with E-state index in [0.717, 1.165) is 18.6 Å². The van der Waals surface area contributed by atoms with E-state index in [1.165, 1.54) is 6.07 Å². The maximum atomic E-state index is 13.9. The van der Waals surface area contributed by atoms with Gasteiger partial charge >= 0.3 is 0 Å². The molecule has 3 rings (SSSR count). The summed E-state index contributed by atoms with van der Waals surface area (Å²) in [6.45, 7) is 0. The average molecular weight is 335 g/mol. The van der Waals surface area contributed by atoms with E-state index in [2.05, 4.69) is 15.9 Å². The summed E-state index contributed by atoms with van der Waals surface area (Å²) in [5.41, 5.74) is 0.514. The molecule has 1 fully saturated rings. The van der Waals surface area contributed by atoms with Gasteiger partial charge in [-0.05, 0) is 65.2 Å². The molecule has 0 aliphatic heterocycles. The number of carbonyl (C=O) groups excluding carboxylic acids is 1. The van der Waals surface area contributed by atoms with E-state index in [-0.39, 0.29) is 15.8 Å². The number of ketones is 1. The topological polar surface area (TPSA) is 26.3 Å². The van der Waals surface area contributed by atoms with E-state index in [0.29, 0.717) is 11.7 Å². The second-order valence-corrected chi connectivity index (χ2v) is 5.63. The molecule has 102 valence electrons. The summed E-state index contributed by atoms with van der Waals surface area (Å²) in [6, 6.07) is 11.5. The van der Waals surface area contributed by atoms with Gasteiger partial charge in [-0.25, -0.2) is 4.39 Å². The number of benzene rings is 2. The summed E-state index contributed by atoms with van der Waals surface area (Å²) in [4.78, 5) is 12.3. The zero-order chi connectivity index (χ0) is 14.1. The van der Waals surface area contributed by atoms with Crippen molar-refractivity contribution >= 4 is 21.7 Å². The van der Waals surface area contributed by atoms with Gasteiger partial charge in [0.15, 0.2) is 5.78 Å². The first-order valence-electron chi connectivity index (χ1n) is 6.40. The number of hydrogen-bond donors (Lipinski definition) is 0. The Labute approximate surface area is 124 Å². The molecule has 0 amide bonds. The Balaban J connectivity index is 1.84. The number of ether oxygens (including phenoxy) is 1. The zero-order valence-electron chi connectivity index (χ0n) is 10.6. The van der Waals surface area contributed by atoms with Crippen LogP contribution in [0.2, 0.25) is 0 Å². The predicted octanol–water partition coefficient (Wildman–Crippen LogP) is 4.36. The van der Waals surface area contributed by atoms with Crippen LogP contribution >= 0.6 is 15.9 Å². The lowest BCUT2D eigenvalue weighted by Gasteiger charge is -2.06. The Bertz CT molecular complexity index is 648. The largest absolute Gasteiger partial charge is 0.490 e. The van der Waals surface area contributed by atoms with Gasteiger partial charge in [-0.1, -0.05) is 6.07 Å². The Morgan fingerprint density at radius 1 is 1.15 bits per heavy atom. The molecule has 0 spiro atoms. The molecule has 0 heterocycles. The lowest BCUT2D eigenvalue weighted by molar-refractivity contribution is 0.103. The van der Waals surface area contributed by atoms with Gasteiger partial charge in [-0.2, -0.15) is 0 Å². The Hall–Kier alpha value is -1.68. The second kappa shape index (κ2) is 5.37. The van der Waals surface area contributed by atoms with Gasteiger partial charge in [-0.3, -0.25) is 4.79 Å². The Kier molecular flexibility index (Phi) is 3.57. The molecule has 0 atom stereocenters. The SMILES string of the molecule is O=C(c1ccc(OC2CC2)cc1)c1cccc(Br)c1F. The van der Waals surface area contributed by atoms with E-state index in [1.807, 2.05) is 0 Å². The first kappa shape index (κ1) is 13.3. The molecule has 1 aliphatic rings. The van der Waals surface area contributed by atoms with Gasteiger partial charge < -0.3 is 4.74 Å². The molecule has 2 nitrogen and oxygen atoms in total. The van der Waals surface area contributed by atoms with Crippen LogP contribution in [-0.4, -0.2) is 11.9 Å². The van der Waals surface area contributed by atoms with E-state index in [4.69, 9.17) is 4.74 Å². The van der Waals surface area contributed by atoms with Crippen LogP contribution in [0.4, 0.5) is 4.39 Å². The van der Waals surface area contributed by atoms with Crippen LogP contribution in [-0.2, 0) is 0 Å². The lowest BCUT2D eigenvalue weighted by Crippen LogP contribution is -2.05. The van der Waals surface area contributed by atoms with Gasteiger partial charge in [0.05, 0.1) is 16.1 Å². The maximum Gasteiger partial charge on any atom is 0.196 e. The summed E-state index contributed by atoms with van der Waals surface area (Å²) in [5, 5.41) is 0. The van der Waals surface area contributed by atoms with E-state index in [9.17, 15) is 9.18 Å². The molecule has 0 saturated heterocycles. The summed E-state index contributed by atoms with van der Waals surface area (Å²) >= 11 is 3.09. The Morgan fingerprint density at radius 2 is 1.85 bits per heavy atom. The van der Waals surface area contributed by atoms with Crippen molar-refractivity contribution in [3.63, 3.8) is 0 Å². The van der Waals surface area contributed by atoms with E-state index in [1.54, 1.807) is 36.4 Å². The number of hydrogen-bond acceptors (Lipinski definition) is 2. The van der Waals surface area contributed by atoms with Crippen molar-refractivity contribution in [2.24, 2.45) is 0 Å². The van der Waals surface area contributed by atoms with Gasteiger partial charge in [0.1, 0.15) is 11.6 Å². The van der Waals surface area contributed by atoms with Crippen molar-refractivity contribution in [2.75, 3.05) is 0 Å². The van der Waals surface area contributed by atoms with E-state index >= 15 is 0 Å². The molecule has 0 unspecified atom stereocenters. The molecule has 2 aromatic carbocycles. The van der Waals surface area contributed by atoms with Crippen LogP contribution in [0.25, 0.3) is 0 Å². The summed E-state index contributed by atoms with van der Waals surface area (Å²) < 4.78 is 19.8. The minimum absolute atomic E-state index is 0.0650. The molecule has 20 heavy (non-hydrogen) atoms. The minimum atomic E-state index is -0.532. The fourth-order valence-corrected chi connectivity index (χ4v) is 2.26. The zero-order valence-corrected chi connectivity index (χ0v) is 12.2. The summed E-state index contributed by atoms with van der Waals surface area (Å²) in [7, 11) is 0. The summed E-state index contributed by atoms with van der Waals surface area (Å²) in [5.74, 6) is -0.114. The monoisotopic (exact) mass is 334 g/mol. The molecule has 2 aromatic rings. The van der Waals surface area contributed by atoms with Crippen LogP contribution in [0, 0.1) is 5.82 Å². The quantitative estimate of drug-likeness (QED) is 0.776. The van der Waals surface area contributed by atoms with E-state index < -0.39 is 5.82 Å². The van der Waals surface area contributed by atoms with Crippen LogP contribution in [0.5, 0.6) is 5.75 Å². The van der Waals surface area contributed by atoms with Crippen LogP contribution in [0.15, 0.2) is 46.9 Å². The second-order valence-electron chi connectivity index (χ2n) is 4.77. The minimum Gasteiger partial charge on any atom is -0.490 e. The van der Waals surface area contributed by atoms with Gasteiger partial charge in [-0.15, -0.1) is 0 Å². The maximum absolute atomic E-state index is 13.9. The van der Waals surface area contributed by atoms with Gasteiger partial charge in [0, 0.05) is 5.56 Å². The standard InChI is InChI=1S/C16H12BrFO2/c17-14-3-1-2-13(15(14)18)16(19)10-4-6-11(7-5-10)20-12-8-9-12/h1-7,12H,8-9H2. The smallest absolute Gasteiger partial charge is 0.196 e. The highest BCUT2D eigenvalue weighted by Gasteiger charge is 2.23. The molecule has 0 aromatic heterocycles. The van der Waals surface area contributed by atoms with Crippen molar-refractivity contribution in [1.29, 1.82) is 0 Å². The van der Waals surface area contributed by atoms with Gasteiger partial charge in [0.2, 0.25) is 0 Å². The third kappa shape index (κ3) is 2.75. The third-order valence-electron chi connectivity index (χ3n) is 3.14. The highest BCUT2D eigenvalue weighted by atomic mass is 79.9. The molecule has 0 radical (unpaired) electrons. The predicted molar refractivity (Wildman–Crippen MR) is 77.6 cm³/mol. The first-order valence-corrected chi connectivity index (χ1v) is 7.20. The molecule has 4 heteroatoms. The third-order valence-corrected chi connectivity index (χ3v) is 3.75. The fraction of sp³-hybridized carbons (Fsp3) is 0.188. The number of rotatable bonds is 4. The fourth-order valence-electron chi connectivity index (χ4n) is 1.90. The van der Waals surface area contributed by atoms with Crippen molar-refractivity contribution in [3.05, 3.63) is 63.9 Å². The van der Waals surface area contributed by atoms with Crippen LogP contribution in [0.3, 0.4) is 0 Å². The molecule has 1 aliphatic carbocycles. The molecule has 0 N–H and O–H groups in total. The molecule has 1 saturated carbocycles. The lowest BCUT2D eigenvalue weighted by atomic mass is 10.0. The van der Waals surface area contributed by atoms with Crippen molar-refractivity contribution in [1.82, 2.24) is 0 Å². The number of carbonyl (C=O) groups is 1. The van der Waals surface area contributed by atoms with Gasteiger partial charge in [0.25, 0.3) is 0 Å². The van der Waals surface area contributed by atoms with Crippen molar-refractivity contribution < 1.29 is 13.9 Å². The molecular weight excluding hydrogens is 323 g/mol. The van der Waals surface area contributed by atoms with Crippen molar-refractivity contribution in [2.45, 2.75) is 18.9 Å². The average Bonchev–Trinajstić information content (AvgIpc) is 3.26. The van der Waals surface area contributed by atoms with Crippen LogP contribution < -0.4 is 4.74 Å². The number of halogens is 2. The molecular formula is C16H12BrFO2. The normalized spacial score (nSPS) is 14.1.